The molecule has 0 atom stereocenters. The molecule has 0 aromatic heterocycles. The molecule has 0 bridgehead atoms. The number of para-hydroxylation sites is 1. The molecule has 1 saturated carbocycles. The van der Waals surface area contributed by atoms with Crippen molar-refractivity contribution in [2.24, 2.45) is 4.99 Å². The molecule has 1 fully saturated rings. The number of rotatable bonds is 4. The molecule has 2 N–H and O–H groups in total. The van der Waals surface area contributed by atoms with Gasteiger partial charge in [0.2, 0.25) is 0 Å². The Kier molecular flexibility index (Phi) is 6.35. The molecular weight excluding hydrogens is 396 g/mol. The molecule has 1 aliphatic carbocycles. The van der Waals surface area contributed by atoms with E-state index in [4.69, 9.17) is 4.74 Å². The van der Waals surface area contributed by atoms with Crippen molar-refractivity contribution in [2.45, 2.75) is 45.6 Å². The molecule has 2 aromatic rings. The third-order valence-corrected chi connectivity index (χ3v) is 6.13. The lowest BCUT2D eigenvalue weighted by Gasteiger charge is -2.32. The van der Waals surface area contributed by atoms with Crippen LogP contribution in [0.25, 0.3) is 5.70 Å². The van der Waals surface area contributed by atoms with Gasteiger partial charge in [-0.3, -0.25) is 0 Å². The van der Waals surface area contributed by atoms with Gasteiger partial charge in [0.05, 0.1) is 36.1 Å². The molecular formula is C27H32N4O. The van der Waals surface area contributed by atoms with Crippen LogP contribution < -0.4 is 20.3 Å². The molecule has 2 aliphatic rings. The summed E-state index contributed by atoms with van der Waals surface area (Å²) in [5.41, 5.74) is 6.93. The average Bonchev–Trinajstić information content (AvgIpc) is 3.29. The van der Waals surface area contributed by atoms with Crippen molar-refractivity contribution in [2.75, 3.05) is 17.3 Å². The maximum atomic E-state index is 5.50. The number of aryl methyl sites for hydroxylation is 1. The van der Waals surface area contributed by atoms with Crippen molar-refractivity contribution in [3.05, 3.63) is 84.3 Å². The van der Waals surface area contributed by atoms with Gasteiger partial charge >= 0.3 is 0 Å². The number of benzene rings is 2. The van der Waals surface area contributed by atoms with E-state index < -0.39 is 0 Å². The summed E-state index contributed by atoms with van der Waals surface area (Å²) in [6.45, 7) is 12.7. The predicted molar refractivity (Wildman–Crippen MR) is 135 cm³/mol. The zero-order chi connectivity index (χ0) is 22.7. The summed E-state index contributed by atoms with van der Waals surface area (Å²) in [6, 6.07) is 14.9. The fourth-order valence-electron chi connectivity index (χ4n) is 4.49. The Morgan fingerprint density at radius 1 is 1.19 bits per heavy atom. The van der Waals surface area contributed by atoms with Crippen LogP contribution in [-0.2, 0) is 0 Å². The van der Waals surface area contributed by atoms with Crippen LogP contribution in [0.1, 0.15) is 43.7 Å². The molecule has 166 valence electrons. The highest BCUT2D eigenvalue weighted by atomic mass is 16.5. The summed E-state index contributed by atoms with van der Waals surface area (Å²) in [5.74, 6) is 1.55. The number of aliphatic imine (C=N–C) groups is 1. The molecule has 0 spiro atoms. The maximum Gasteiger partial charge on any atom is 0.142 e. The zero-order valence-electron chi connectivity index (χ0n) is 19.2. The largest absolute Gasteiger partial charge is 0.495 e. The fourth-order valence-corrected chi connectivity index (χ4v) is 4.49. The summed E-state index contributed by atoms with van der Waals surface area (Å²) < 4.78 is 5.50. The molecule has 1 aliphatic heterocycles. The predicted octanol–water partition coefficient (Wildman–Crippen LogP) is 6.21. The lowest BCUT2D eigenvalue weighted by molar-refractivity contribution is 0.416. The summed E-state index contributed by atoms with van der Waals surface area (Å²) in [6.07, 6.45) is 6.69. The van der Waals surface area contributed by atoms with Crippen molar-refractivity contribution in [1.29, 1.82) is 0 Å². The van der Waals surface area contributed by atoms with Gasteiger partial charge in [0.25, 0.3) is 0 Å². The van der Waals surface area contributed by atoms with Gasteiger partial charge in [-0.25, -0.2) is 4.99 Å². The quantitative estimate of drug-likeness (QED) is 0.449. The summed E-state index contributed by atoms with van der Waals surface area (Å²) in [4.78, 5) is 7.06. The third-order valence-electron chi connectivity index (χ3n) is 6.13. The number of amidine groups is 1. The number of hydrogen-bond acceptors (Lipinski definition) is 4. The van der Waals surface area contributed by atoms with E-state index in [2.05, 4.69) is 57.9 Å². The topological polar surface area (TPSA) is 48.9 Å². The van der Waals surface area contributed by atoms with Gasteiger partial charge in [-0.1, -0.05) is 50.3 Å². The van der Waals surface area contributed by atoms with Crippen LogP contribution in [-0.4, -0.2) is 19.0 Å². The normalized spacial score (nSPS) is 18.4. The Bertz CT molecular complexity index is 1090. The van der Waals surface area contributed by atoms with E-state index in [-0.39, 0.29) is 0 Å². The number of methoxy groups -OCH3 is 1. The molecule has 5 heteroatoms. The van der Waals surface area contributed by atoms with Crippen LogP contribution in [0.3, 0.4) is 0 Å². The minimum absolute atomic E-state index is 0.444. The number of nitrogens with one attached hydrogen (secondary N) is 2. The SMILES string of the molecule is C=C1N/C(=C/N=C(\C)Nc2ccc(C)cc2OC)C(=C)N(C2CCCC2)c2ccccc21. The molecule has 2 aromatic carbocycles. The monoisotopic (exact) mass is 428 g/mol. The van der Waals surface area contributed by atoms with Crippen molar-refractivity contribution >= 4 is 22.9 Å². The lowest BCUT2D eigenvalue weighted by atomic mass is 10.1. The standard InChI is InChI=1S/C27H32N4O/c1-18-14-15-24(27(16-18)32-5)30-21(4)28-17-25-20(3)31(22-10-6-7-11-22)26-13-9-8-12-23(26)19(2)29-25/h8-9,12-17,22,29H,2-3,6-7,10-11H2,1,4-5H3,(H,28,30)/b25-17+. The van der Waals surface area contributed by atoms with Gasteiger partial charge in [0, 0.05) is 17.3 Å². The van der Waals surface area contributed by atoms with Crippen molar-refractivity contribution in [3.8, 4) is 5.75 Å². The molecule has 0 unspecified atom stereocenters. The first-order chi connectivity index (χ1) is 15.5. The highest BCUT2D eigenvalue weighted by Gasteiger charge is 2.30. The van der Waals surface area contributed by atoms with Crippen LogP contribution >= 0.6 is 0 Å². The van der Waals surface area contributed by atoms with Gasteiger partial charge in [-0.2, -0.15) is 0 Å². The molecule has 0 radical (unpaired) electrons. The van der Waals surface area contributed by atoms with E-state index in [1.807, 2.05) is 38.2 Å². The number of nitrogens with zero attached hydrogens (tertiary/aromatic N) is 2. The van der Waals surface area contributed by atoms with Crippen LogP contribution in [0.15, 0.2) is 78.2 Å². The van der Waals surface area contributed by atoms with Gasteiger partial charge in [0.15, 0.2) is 0 Å². The molecule has 4 rings (SSSR count). The Balaban J connectivity index is 1.64. The van der Waals surface area contributed by atoms with Gasteiger partial charge in [0.1, 0.15) is 11.6 Å². The zero-order valence-corrected chi connectivity index (χ0v) is 19.2. The van der Waals surface area contributed by atoms with Crippen LogP contribution in [0.5, 0.6) is 5.75 Å². The average molecular weight is 429 g/mol. The van der Waals surface area contributed by atoms with Crippen molar-refractivity contribution in [1.82, 2.24) is 5.32 Å². The van der Waals surface area contributed by atoms with Gasteiger partial charge in [-0.05, 0) is 50.5 Å². The Morgan fingerprint density at radius 3 is 2.69 bits per heavy atom. The Hall–Kier alpha value is -3.47. The van der Waals surface area contributed by atoms with Gasteiger partial charge < -0.3 is 20.3 Å². The van der Waals surface area contributed by atoms with Crippen molar-refractivity contribution < 1.29 is 4.74 Å². The smallest absolute Gasteiger partial charge is 0.142 e. The number of hydrogen-bond donors (Lipinski definition) is 2. The summed E-state index contributed by atoms with van der Waals surface area (Å²) >= 11 is 0. The van der Waals surface area contributed by atoms with Crippen LogP contribution in [0, 0.1) is 6.92 Å². The minimum Gasteiger partial charge on any atom is -0.495 e. The first-order valence-electron chi connectivity index (χ1n) is 11.2. The summed E-state index contributed by atoms with van der Waals surface area (Å²) in [7, 11) is 1.68. The highest BCUT2D eigenvalue weighted by molar-refractivity contribution is 5.95. The van der Waals surface area contributed by atoms with E-state index >= 15 is 0 Å². The Morgan fingerprint density at radius 2 is 1.94 bits per heavy atom. The fraction of sp³-hybridized carbons (Fsp3) is 0.296. The van der Waals surface area contributed by atoms with E-state index in [1.165, 1.54) is 25.7 Å². The number of anilines is 2. The molecule has 0 saturated heterocycles. The van der Waals surface area contributed by atoms with Crippen molar-refractivity contribution in [3.63, 3.8) is 0 Å². The van der Waals surface area contributed by atoms with Crippen LogP contribution in [0.4, 0.5) is 11.4 Å². The van der Waals surface area contributed by atoms with E-state index in [0.717, 1.165) is 51.2 Å². The second-order valence-corrected chi connectivity index (χ2v) is 8.46. The highest BCUT2D eigenvalue weighted by Crippen LogP contribution is 2.39. The van der Waals surface area contributed by atoms with Crippen LogP contribution in [0.2, 0.25) is 0 Å². The third kappa shape index (κ3) is 4.42. The minimum atomic E-state index is 0.444. The molecule has 1 heterocycles. The van der Waals surface area contributed by atoms with E-state index in [1.54, 1.807) is 7.11 Å². The first kappa shape index (κ1) is 21.8. The van der Waals surface area contributed by atoms with E-state index in [9.17, 15) is 0 Å². The first-order valence-corrected chi connectivity index (χ1v) is 11.2. The number of fused-ring (bicyclic) bond motifs is 1. The molecule has 5 nitrogen and oxygen atoms in total. The second kappa shape index (κ2) is 9.35. The molecule has 32 heavy (non-hydrogen) atoms. The van der Waals surface area contributed by atoms with E-state index in [0.29, 0.717) is 6.04 Å². The number of ether oxygens (including phenoxy) is 1. The lowest BCUT2D eigenvalue weighted by Crippen LogP contribution is -2.33. The van der Waals surface area contributed by atoms with Gasteiger partial charge in [-0.15, -0.1) is 0 Å². The second-order valence-electron chi connectivity index (χ2n) is 8.46. The Labute approximate surface area is 191 Å². The maximum absolute atomic E-state index is 5.50. The summed E-state index contributed by atoms with van der Waals surface area (Å²) in [5, 5.41) is 6.79. The molecule has 0 amide bonds.